The lowest BCUT2D eigenvalue weighted by atomic mass is 10.3. The molecule has 1 nitrogen and oxygen atoms in total. The Morgan fingerprint density at radius 1 is 1.75 bits per heavy atom. The highest BCUT2D eigenvalue weighted by Crippen LogP contribution is 2.12. The van der Waals surface area contributed by atoms with Crippen LogP contribution in [0.25, 0.3) is 0 Å². The molecular weight excluding hydrogens is 138 g/mol. The lowest BCUT2D eigenvalue weighted by molar-refractivity contribution is 0.654. The van der Waals surface area contributed by atoms with Crippen LogP contribution in [0.15, 0.2) is 0 Å². The molecule has 2 atom stereocenters. The second-order valence-corrected chi connectivity index (χ2v) is 4.03. The van der Waals surface area contributed by atoms with E-state index in [9.17, 15) is 0 Å². The fourth-order valence-corrected chi connectivity index (χ4v) is 1.00. The van der Waals surface area contributed by atoms with Crippen molar-refractivity contribution in [2.75, 3.05) is 7.05 Å². The predicted octanol–water partition coefficient (Wildman–Crippen LogP) is 0.335. The van der Waals surface area contributed by atoms with Gasteiger partial charge in [0.15, 0.2) is 0 Å². The molecule has 0 rings (SSSR count). The summed E-state index contributed by atoms with van der Waals surface area (Å²) in [4.78, 5) is 0. The molecule has 0 aliphatic heterocycles. The summed E-state index contributed by atoms with van der Waals surface area (Å²) in [6.07, 6.45) is 1.20. The highest BCUT2D eigenvalue weighted by molar-refractivity contribution is 6.26. The van der Waals surface area contributed by atoms with Crippen LogP contribution in [0.4, 0.5) is 0 Å². The van der Waals surface area contributed by atoms with Crippen LogP contribution in [-0.4, -0.2) is 22.8 Å². The standard InChI is InChI=1S/C5H14ClNSi/c1-3-4(8)5(6)7-2/h4-5,7H,3H2,1-2,8H3. The molecular formula is C5H14ClNSi. The lowest BCUT2D eigenvalue weighted by Crippen LogP contribution is -2.23. The van der Waals surface area contributed by atoms with Gasteiger partial charge in [0.05, 0.1) is 5.50 Å². The van der Waals surface area contributed by atoms with Crippen LogP contribution in [0.1, 0.15) is 13.3 Å². The van der Waals surface area contributed by atoms with Crippen LogP contribution in [0.3, 0.4) is 0 Å². The second kappa shape index (κ2) is 4.36. The molecule has 8 heavy (non-hydrogen) atoms. The minimum absolute atomic E-state index is 0.201. The number of rotatable bonds is 3. The highest BCUT2D eigenvalue weighted by Gasteiger charge is 2.07. The summed E-state index contributed by atoms with van der Waals surface area (Å²) in [5.41, 5.74) is 0.910. The Hall–Kier alpha value is 0.467. The van der Waals surface area contributed by atoms with Crippen LogP contribution < -0.4 is 5.32 Å². The summed E-state index contributed by atoms with van der Waals surface area (Å²) in [6.45, 7) is 2.17. The second-order valence-electron chi connectivity index (χ2n) is 2.08. The van der Waals surface area contributed by atoms with Gasteiger partial charge < -0.3 is 5.32 Å². The Labute approximate surface area is 59.2 Å². The molecule has 0 bridgehead atoms. The van der Waals surface area contributed by atoms with E-state index in [2.05, 4.69) is 12.2 Å². The van der Waals surface area contributed by atoms with Crippen molar-refractivity contribution in [3.63, 3.8) is 0 Å². The topological polar surface area (TPSA) is 12.0 Å². The minimum atomic E-state index is 0.201. The van der Waals surface area contributed by atoms with Crippen molar-refractivity contribution in [2.45, 2.75) is 24.4 Å². The van der Waals surface area contributed by atoms with Crippen LogP contribution in [0.5, 0.6) is 0 Å². The summed E-state index contributed by atoms with van der Waals surface area (Å²) >= 11 is 5.84. The third kappa shape index (κ3) is 2.70. The zero-order valence-corrected chi connectivity index (χ0v) is 8.50. The molecule has 0 aromatic heterocycles. The van der Waals surface area contributed by atoms with Gasteiger partial charge in [-0.05, 0) is 12.6 Å². The third-order valence-corrected chi connectivity index (χ3v) is 3.97. The summed E-state index contributed by atoms with van der Waals surface area (Å²) < 4.78 is 0. The van der Waals surface area contributed by atoms with Crippen molar-refractivity contribution >= 4 is 21.8 Å². The average molecular weight is 152 g/mol. The van der Waals surface area contributed by atoms with Gasteiger partial charge in [0, 0.05) is 10.2 Å². The number of nitrogens with one attached hydrogen (secondary N) is 1. The van der Waals surface area contributed by atoms with Gasteiger partial charge in [-0.3, -0.25) is 0 Å². The molecule has 0 aromatic carbocycles. The van der Waals surface area contributed by atoms with Gasteiger partial charge in [0.1, 0.15) is 0 Å². The smallest absolute Gasteiger partial charge is 0.0818 e. The molecule has 0 heterocycles. The Morgan fingerprint density at radius 2 is 2.25 bits per heavy atom. The summed E-state index contributed by atoms with van der Waals surface area (Å²) in [5.74, 6) is 0. The highest BCUT2D eigenvalue weighted by atomic mass is 35.5. The first-order valence-electron chi connectivity index (χ1n) is 3.03. The van der Waals surface area contributed by atoms with Gasteiger partial charge >= 0.3 is 0 Å². The SMILES string of the molecule is CCC([SiH3])C(Cl)NC. The Balaban J connectivity index is 3.29. The van der Waals surface area contributed by atoms with Crippen molar-refractivity contribution in [1.82, 2.24) is 5.32 Å². The summed E-state index contributed by atoms with van der Waals surface area (Å²) in [6, 6.07) is 0. The lowest BCUT2D eigenvalue weighted by Gasteiger charge is -2.13. The molecule has 0 spiro atoms. The molecule has 0 aliphatic rings. The van der Waals surface area contributed by atoms with Crippen LogP contribution in [0.2, 0.25) is 5.54 Å². The Bertz CT molecular complexity index is 52.4. The van der Waals surface area contributed by atoms with E-state index in [1.165, 1.54) is 16.7 Å². The number of hydrogen-bond donors (Lipinski definition) is 1. The fraction of sp³-hybridized carbons (Fsp3) is 1.00. The van der Waals surface area contributed by atoms with E-state index < -0.39 is 0 Å². The van der Waals surface area contributed by atoms with E-state index in [0.717, 1.165) is 0 Å². The van der Waals surface area contributed by atoms with Crippen LogP contribution >= 0.6 is 11.6 Å². The number of halogens is 1. The monoisotopic (exact) mass is 151 g/mol. The molecule has 0 radical (unpaired) electrons. The van der Waals surface area contributed by atoms with Gasteiger partial charge in [-0.15, -0.1) is 11.6 Å². The first-order chi connectivity index (χ1) is 3.72. The van der Waals surface area contributed by atoms with Crippen molar-refractivity contribution < 1.29 is 0 Å². The Kier molecular flexibility index (Phi) is 4.61. The molecule has 0 aromatic rings. The molecule has 0 aliphatic carbocycles. The van der Waals surface area contributed by atoms with Crippen molar-refractivity contribution in [3.05, 3.63) is 0 Å². The van der Waals surface area contributed by atoms with E-state index in [0.29, 0.717) is 5.54 Å². The zero-order chi connectivity index (χ0) is 6.57. The molecule has 0 saturated carbocycles. The largest absolute Gasteiger partial charge is 0.304 e. The Morgan fingerprint density at radius 3 is 2.38 bits per heavy atom. The molecule has 3 heteroatoms. The van der Waals surface area contributed by atoms with E-state index in [-0.39, 0.29) is 5.50 Å². The summed E-state index contributed by atoms with van der Waals surface area (Å²) in [5, 5.41) is 3.02. The molecule has 0 saturated heterocycles. The molecule has 1 N–H and O–H groups in total. The quantitative estimate of drug-likeness (QED) is 0.349. The molecule has 0 amide bonds. The first-order valence-corrected chi connectivity index (χ1v) is 4.62. The van der Waals surface area contributed by atoms with Gasteiger partial charge in [-0.1, -0.05) is 13.3 Å². The van der Waals surface area contributed by atoms with Gasteiger partial charge in [-0.2, -0.15) is 0 Å². The maximum Gasteiger partial charge on any atom is 0.0818 e. The fourth-order valence-electron chi connectivity index (χ4n) is 0.491. The molecule has 0 fully saturated rings. The van der Waals surface area contributed by atoms with Crippen LogP contribution in [0, 0.1) is 0 Å². The minimum Gasteiger partial charge on any atom is -0.304 e. The van der Waals surface area contributed by atoms with E-state index in [4.69, 9.17) is 11.6 Å². The van der Waals surface area contributed by atoms with E-state index in [1.54, 1.807) is 0 Å². The third-order valence-electron chi connectivity index (χ3n) is 1.42. The zero-order valence-electron chi connectivity index (χ0n) is 5.74. The predicted molar refractivity (Wildman–Crippen MR) is 42.7 cm³/mol. The van der Waals surface area contributed by atoms with Gasteiger partial charge in [-0.25, -0.2) is 0 Å². The van der Waals surface area contributed by atoms with E-state index >= 15 is 0 Å². The number of alkyl halides is 1. The van der Waals surface area contributed by atoms with Crippen molar-refractivity contribution in [3.8, 4) is 0 Å². The maximum absolute atomic E-state index is 5.84. The van der Waals surface area contributed by atoms with Crippen molar-refractivity contribution in [2.24, 2.45) is 0 Å². The maximum atomic E-state index is 5.84. The first kappa shape index (κ1) is 8.47. The average Bonchev–Trinajstić information content (AvgIpc) is 1.84. The molecule has 2 unspecified atom stereocenters. The normalized spacial score (nSPS) is 18.4. The van der Waals surface area contributed by atoms with Crippen molar-refractivity contribution in [1.29, 1.82) is 0 Å². The molecule has 50 valence electrons. The summed E-state index contributed by atoms with van der Waals surface area (Å²) in [7, 11) is 3.09. The van der Waals surface area contributed by atoms with E-state index in [1.807, 2.05) is 7.05 Å². The van der Waals surface area contributed by atoms with Gasteiger partial charge in [0.25, 0.3) is 0 Å². The van der Waals surface area contributed by atoms with Gasteiger partial charge in [0.2, 0.25) is 0 Å². The number of hydrogen-bond acceptors (Lipinski definition) is 1. The van der Waals surface area contributed by atoms with Crippen LogP contribution in [-0.2, 0) is 0 Å².